The van der Waals surface area contributed by atoms with Gasteiger partial charge in [-0.3, -0.25) is 10.1 Å². The van der Waals surface area contributed by atoms with E-state index in [-0.39, 0.29) is 23.2 Å². The van der Waals surface area contributed by atoms with Gasteiger partial charge in [-0.05, 0) is 92.8 Å². The predicted octanol–water partition coefficient (Wildman–Crippen LogP) is 5.20. The van der Waals surface area contributed by atoms with Crippen LogP contribution in [-0.4, -0.2) is 33.0 Å². The van der Waals surface area contributed by atoms with Crippen LogP contribution in [0.2, 0.25) is 5.02 Å². The van der Waals surface area contributed by atoms with Gasteiger partial charge in [0.15, 0.2) is 8.29 Å². The average molecular weight is 495 g/mol. The van der Waals surface area contributed by atoms with E-state index in [9.17, 15) is 9.59 Å². The highest BCUT2D eigenvalue weighted by atomic mass is 35.5. The number of carbonyl (C=O) groups is 2. The Balaban J connectivity index is 1.15. The van der Waals surface area contributed by atoms with Crippen molar-refractivity contribution in [3.05, 3.63) is 33.2 Å². The molecule has 1 heterocycles. The summed E-state index contributed by atoms with van der Waals surface area (Å²) in [6.45, 7) is 0. The maximum atomic E-state index is 12.5. The fraction of sp³-hybridized carbons (Fsp3) is 0.524. The fourth-order valence-corrected chi connectivity index (χ4v) is 8.18. The molecule has 0 unspecified atom stereocenters. The van der Waals surface area contributed by atoms with Gasteiger partial charge in [0, 0.05) is 10.6 Å². The van der Waals surface area contributed by atoms with Crippen LogP contribution in [0.25, 0.3) is 5.69 Å². The largest absolute Gasteiger partial charge is 0.332 e. The molecule has 0 aliphatic heterocycles. The van der Waals surface area contributed by atoms with Crippen LogP contribution in [0, 0.1) is 21.7 Å². The van der Waals surface area contributed by atoms with Gasteiger partial charge in [-0.15, -0.1) is 5.10 Å². The number of nitrogens with one attached hydrogen (secondary N) is 2. The van der Waals surface area contributed by atoms with Crippen molar-refractivity contribution in [2.24, 2.45) is 17.8 Å². The van der Waals surface area contributed by atoms with Crippen molar-refractivity contribution >= 4 is 58.9 Å². The summed E-state index contributed by atoms with van der Waals surface area (Å²) < 4.78 is 2.91. The predicted molar refractivity (Wildman–Crippen MR) is 126 cm³/mol. The van der Waals surface area contributed by atoms with Crippen molar-refractivity contribution in [1.29, 1.82) is 0 Å². The topological polar surface area (TPSA) is 76.0 Å². The Hall–Kier alpha value is -1.42. The lowest BCUT2D eigenvalue weighted by Gasteiger charge is -2.56. The third-order valence-corrected chi connectivity index (χ3v) is 9.21. The van der Waals surface area contributed by atoms with Crippen LogP contribution in [0.15, 0.2) is 28.6 Å². The fourth-order valence-electron chi connectivity index (χ4n) is 5.89. The highest BCUT2D eigenvalue weighted by Crippen LogP contribution is 2.55. The van der Waals surface area contributed by atoms with Crippen molar-refractivity contribution < 1.29 is 9.59 Å². The standard InChI is InChI=1S/C21H23ClN4O2S3/c22-15-1-3-16(4-2-15)26-20(29)31-19(25-26)30-11-17(27)23-18(28)24-21-8-12-5-13(9-21)7-14(6-12)10-21/h1-4,12-14H,5-11H2,(H2,23,24,27,28). The first-order chi connectivity index (χ1) is 14.9. The molecule has 164 valence electrons. The molecule has 2 N–H and O–H groups in total. The Bertz CT molecular complexity index is 1030. The minimum absolute atomic E-state index is 0.108. The number of nitrogens with zero attached hydrogens (tertiary/aromatic N) is 2. The maximum Gasteiger partial charge on any atom is 0.321 e. The molecule has 4 aliphatic rings. The number of benzene rings is 1. The molecule has 4 aliphatic carbocycles. The molecule has 6 nitrogen and oxygen atoms in total. The van der Waals surface area contributed by atoms with Gasteiger partial charge in [-0.2, -0.15) is 0 Å². The highest BCUT2D eigenvalue weighted by molar-refractivity contribution is 8.01. The van der Waals surface area contributed by atoms with Gasteiger partial charge in [0.2, 0.25) is 5.91 Å². The zero-order valence-electron chi connectivity index (χ0n) is 16.8. The number of thioether (sulfide) groups is 1. The average Bonchev–Trinajstić information content (AvgIpc) is 3.06. The summed E-state index contributed by atoms with van der Waals surface area (Å²) in [4.78, 5) is 24.9. The number of urea groups is 1. The molecule has 0 saturated heterocycles. The highest BCUT2D eigenvalue weighted by Gasteiger charge is 2.51. The molecule has 1 aromatic heterocycles. The Morgan fingerprint density at radius 3 is 2.39 bits per heavy atom. The van der Waals surface area contributed by atoms with Crippen molar-refractivity contribution in [2.45, 2.75) is 48.4 Å². The van der Waals surface area contributed by atoms with Gasteiger partial charge in [-0.1, -0.05) is 34.7 Å². The Kier molecular flexibility index (Phi) is 5.87. The third-order valence-electron chi connectivity index (χ3n) is 6.60. The smallest absolute Gasteiger partial charge is 0.321 e. The van der Waals surface area contributed by atoms with Gasteiger partial charge < -0.3 is 5.32 Å². The number of imide groups is 1. The number of hydrogen-bond donors (Lipinski definition) is 2. The van der Waals surface area contributed by atoms with Crippen LogP contribution < -0.4 is 10.6 Å². The first kappa shape index (κ1) is 21.4. The molecule has 4 fully saturated rings. The van der Waals surface area contributed by atoms with Crippen LogP contribution >= 0.6 is 46.9 Å². The molecule has 10 heteroatoms. The normalized spacial score (nSPS) is 28.5. The second-order valence-corrected chi connectivity index (χ2v) is 12.3. The van der Waals surface area contributed by atoms with Crippen LogP contribution in [0.3, 0.4) is 0 Å². The Morgan fingerprint density at radius 1 is 1.16 bits per heavy atom. The lowest BCUT2D eigenvalue weighted by atomic mass is 9.53. The zero-order valence-corrected chi connectivity index (χ0v) is 20.0. The van der Waals surface area contributed by atoms with Gasteiger partial charge in [-0.25, -0.2) is 9.48 Å². The molecule has 0 spiro atoms. The zero-order chi connectivity index (χ0) is 21.6. The van der Waals surface area contributed by atoms with E-state index in [0.717, 1.165) is 42.7 Å². The first-order valence-electron chi connectivity index (χ1n) is 10.5. The minimum Gasteiger partial charge on any atom is -0.332 e. The van der Waals surface area contributed by atoms with Crippen molar-refractivity contribution in [2.75, 3.05) is 5.75 Å². The molecule has 0 radical (unpaired) electrons. The third kappa shape index (κ3) is 4.69. The summed E-state index contributed by atoms with van der Waals surface area (Å²) >= 11 is 13.9. The van der Waals surface area contributed by atoms with Crippen LogP contribution in [0.4, 0.5) is 4.79 Å². The molecule has 6 rings (SSSR count). The molecule has 31 heavy (non-hydrogen) atoms. The van der Waals surface area contributed by atoms with E-state index in [1.54, 1.807) is 16.8 Å². The van der Waals surface area contributed by atoms with E-state index < -0.39 is 0 Å². The summed E-state index contributed by atoms with van der Waals surface area (Å²) in [5.41, 5.74) is 0.708. The van der Waals surface area contributed by atoms with E-state index in [2.05, 4.69) is 15.7 Å². The summed E-state index contributed by atoms with van der Waals surface area (Å²) in [5, 5.41) is 10.8. The number of aromatic nitrogens is 2. The molecule has 1 aromatic carbocycles. The number of carbonyl (C=O) groups excluding carboxylic acids is 2. The van der Waals surface area contributed by atoms with Crippen molar-refractivity contribution in [1.82, 2.24) is 20.4 Å². The Morgan fingerprint density at radius 2 is 1.77 bits per heavy atom. The summed E-state index contributed by atoms with van der Waals surface area (Å²) in [6.07, 6.45) is 7.11. The van der Waals surface area contributed by atoms with Gasteiger partial charge in [0.25, 0.3) is 0 Å². The number of amides is 3. The molecule has 4 saturated carbocycles. The molecule has 3 amide bonds. The van der Waals surface area contributed by atoms with E-state index in [0.29, 0.717) is 13.3 Å². The van der Waals surface area contributed by atoms with E-state index >= 15 is 0 Å². The van der Waals surface area contributed by atoms with Crippen molar-refractivity contribution in [3.8, 4) is 5.69 Å². The molecular weight excluding hydrogens is 472 g/mol. The quantitative estimate of drug-likeness (QED) is 0.441. The van der Waals surface area contributed by atoms with E-state index in [1.165, 1.54) is 42.4 Å². The number of hydrogen-bond acceptors (Lipinski definition) is 6. The Labute approximate surface area is 199 Å². The van der Waals surface area contributed by atoms with Crippen molar-refractivity contribution in [3.63, 3.8) is 0 Å². The summed E-state index contributed by atoms with van der Waals surface area (Å²) in [7, 11) is 0. The monoisotopic (exact) mass is 494 g/mol. The van der Waals surface area contributed by atoms with E-state index in [4.69, 9.17) is 23.8 Å². The number of rotatable bonds is 5. The number of halogens is 1. The van der Waals surface area contributed by atoms with Crippen LogP contribution in [0.5, 0.6) is 0 Å². The SMILES string of the molecule is O=C(CSc1nn(-c2ccc(Cl)cc2)c(=S)s1)NC(=O)NC12CC3CC(CC(C3)C1)C2. The molecule has 4 bridgehead atoms. The second-order valence-electron chi connectivity index (χ2n) is 9.01. The lowest BCUT2D eigenvalue weighted by molar-refractivity contribution is -0.117. The minimum atomic E-state index is -0.369. The molecule has 0 atom stereocenters. The van der Waals surface area contributed by atoms with Gasteiger partial charge in [0.05, 0.1) is 11.4 Å². The van der Waals surface area contributed by atoms with Gasteiger partial charge in [0.1, 0.15) is 0 Å². The molecular formula is C21H23ClN4O2S3. The maximum absolute atomic E-state index is 12.5. The van der Waals surface area contributed by atoms with Crippen LogP contribution in [0.1, 0.15) is 38.5 Å². The second kappa shape index (κ2) is 8.50. The van der Waals surface area contributed by atoms with E-state index in [1.807, 2.05) is 12.1 Å². The van der Waals surface area contributed by atoms with Crippen LogP contribution in [-0.2, 0) is 4.79 Å². The molecule has 2 aromatic rings. The lowest BCUT2D eigenvalue weighted by Crippen LogP contribution is -2.61. The summed E-state index contributed by atoms with van der Waals surface area (Å²) in [5.74, 6) is 2.00. The first-order valence-corrected chi connectivity index (χ1v) is 13.1. The van der Waals surface area contributed by atoms with Gasteiger partial charge >= 0.3 is 6.03 Å². The summed E-state index contributed by atoms with van der Waals surface area (Å²) in [6, 6.07) is 6.87.